The Morgan fingerprint density at radius 1 is 1.22 bits per heavy atom. The van der Waals surface area contributed by atoms with E-state index in [0.29, 0.717) is 16.5 Å². The molecule has 1 amide bonds. The number of nitrogens with one attached hydrogen (secondary N) is 1. The van der Waals surface area contributed by atoms with Crippen molar-refractivity contribution in [2.75, 3.05) is 11.9 Å². The highest BCUT2D eigenvalue weighted by Gasteiger charge is 2.07. The van der Waals surface area contributed by atoms with E-state index < -0.39 is 0 Å². The highest BCUT2D eigenvalue weighted by Crippen LogP contribution is 2.23. The number of aromatic nitrogens is 1. The molecule has 116 valence electrons. The highest BCUT2D eigenvalue weighted by atomic mass is 35.5. The molecule has 1 N–H and O–H groups in total. The number of halogens is 1. The predicted molar refractivity (Wildman–Crippen MR) is 92.1 cm³/mol. The lowest BCUT2D eigenvalue weighted by molar-refractivity contribution is -0.118. The zero-order valence-corrected chi connectivity index (χ0v) is 13.3. The van der Waals surface area contributed by atoms with Gasteiger partial charge in [0.2, 0.25) is 0 Å². The first kappa shape index (κ1) is 15.3. The summed E-state index contributed by atoms with van der Waals surface area (Å²) in [5.74, 6) is 0.332. The number of para-hydroxylation sites is 1. The molecule has 0 aliphatic rings. The van der Waals surface area contributed by atoms with Crippen molar-refractivity contribution in [3.63, 3.8) is 0 Å². The molecule has 0 bridgehead atoms. The summed E-state index contributed by atoms with van der Waals surface area (Å²) < 4.78 is 5.60. The van der Waals surface area contributed by atoms with Crippen molar-refractivity contribution in [2.24, 2.45) is 0 Å². The van der Waals surface area contributed by atoms with Gasteiger partial charge in [0.25, 0.3) is 5.91 Å². The van der Waals surface area contributed by atoms with Gasteiger partial charge in [0, 0.05) is 22.3 Å². The van der Waals surface area contributed by atoms with Gasteiger partial charge in [-0.05, 0) is 36.8 Å². The molecule has 0 spiro atoms. The Balaban J connectivity index is 1.67. The number of anilines is 1. The molecule has 3 rings (SSSR count). The monoisotopic (exact) mass is 326 g/mol. The van der Waals surface area contributed by atoms with Gasteiger partial charge >= 0.3 is 0 Å². The number of hydrogen-bond donors (Lipinski definition) is 1. The third kappa shape index (κ3) is 3.60. The number of pyridine rings is 1. The summed E-state index contributed by atoms with van der Waals surface area (Å²) in [6.45, 7) is 1.81. The molecule has 0 saturated carbocycles. The summed E-state index contributed by atoms with van der Waals surface area (Å²) >= 11 is 6.04. The van der Waals surface area contributed by atoms with E-state index in [9.17, 15) is 4.79 Å². The minimum atomic E-state index is -0.252. The molecule has 0 fully saturated rings. The van der Waals surface area contributed by atoms with Gasteiger partial charge in [-0.25, -0.2) is 0 Å². The Morgan fingerprint density at radius 2 is 2.04 bits per heavy atom. The quantitative estimate of drug-likeness (QED) is 0.781. The lowest BCUT2D eigenvalue weighted by atomic mass is 10.2. The number of nitrogens with zero attached hydrogens (tertiary/aromatic N) is 1. The van der Waals surface area contributed by atoms with Crippen molar-refractivity contribution >= 4 is 34.1 Å². The number of rotatable bonds is 4. The van der Waals surface area contributed by atoms with Gasteiger partial charge < -0.3 is 10.1 Å². The lowest BCUT2D eigenvalue weighted by Gasteiger charge is -2.10. The molecule has 0 saturated heterocycles. The summed E-state index contributed by atoms with van der Waals surface area (Å²) in [5.41, 5.74) is 2.34. The van der Waals surface area contributed by atoms with Crippen LogP contribution in [0.1, 0.15) is 5.56 Å². The molecule has 23 heavy (non-hydrogen) atoms. The van der Waals surface area contributed by atoms with Crippen LogP contribution in [0.25, 0.3) is 10.9 Å². The minimum absolute atomic E-state index is 0.0960. The molecule has 0 atom stereocenters. The van der Waals surface area contributed by atoms with Crippen LogP contribution >= 0.6 is 11.6 Å². The summed E-state index contributed by atoms with van der Waals surface area (Å²) in [7, 11) is 0. The average molecular weight is 327 g/mol. The van der Waals surface area contributed by atoms with E-state index >= 15 is 0 Å². The van der Waals surface area contributed by atoms with Gasteiger partial charge in [0.15, 0.2) is 6.61 Å². The van der Waals surface area contributed by atoms with Crippen molar-refractivity contribution < 1.29 is 9.53 Å². The van der Waals surface area contributed by atoms with Crippen LogP contribution in [0.4, 0.5) is 5.69 Å². The zero-order valence-electron chi connectivity index (χ0n) is 12.5. The van der Waals surface area contributed by atoms with Crippen molar-refractivity contribution in [1.29, 1.82) is 0 Å². The fourth-order valence-corrected chi connectivity index (χ4v) is 2.38. The first-order valence-electron chi connectivity index (χ1n) is 7.16. The zero-order chi connectivity index (χ0) is 16.2. The van der Waals surface area contributed by atoms with Crippen LogP contribution in [-0.2, 0) is 4.79 Å². The molecule has 0 unspecified atom stereocenters. The third-order valence-electron chi connectivity index (χ3n) is 3.41. The Morgan fingerprint density at radius 3 is 2.87 bits per heavy atom. The maximum absolute atomic E-state index is 12.0. The maximum atomic E-state index is 12.0. The second-order valence-corrected chi connectivity index (χ2v) is 5.54. The molecule has 1 aromatic heterocycles. The first-order valence-corrected chi connectivity index (χ1v) is 7.54. The second kappa shape index (κ2) is 6.67. The number of hydrogen-bond acceptors (Lipinski definition) is 3. The number of amides is 1. The largest absolute Gasteiger partial charge is 0.481 e. The summed E-state index contributed by atoms with van der Waals surface area (Å²) in [6, 6.07) is 14.8. The molecular formula is C18H15ClN2O2. The number of benzene rings is 2. The van der Waals surface area contributed by atoms with E-state index in [1.54, 1.807) is 24.4 Å². The molecule has 1 heterocycles. The minimum Gasteiger partial charge on any atom is -0.481 e. The molecule has 2 aromatic carbocycles. The molecule has 0 aliphatic heterocycles. The van der Waals surface area contributed by atoms with Crippen LogP contribution in [-0.4, -0.2) is 17.5 Å². The number of ether oxygens (including phenoxy) is 1. The van der Waals surface area contributed by atoms with Crippen LogP contribution in [0.15, 0.2) is 54.7 Å². The third-order valence-corrected chi connectivity index (χ3v) is 3.82. The van der Waals surface area contributed by atoms with E-state index in [2.05, 4.69) is 10.3 Å². The van der Waals surface area contributed by atoms with Crippen molar-refractivity contribution in [1.82, 2.24) is 4.98 Å². The van der Waals surface area contributed by atoms with Gasteiger partial charge in [-0.15, -0.1) is 0 Å². The van der Waals surface area contributed by atoms with Gasteiger partial charge in [0.1, 0.15) is 11.3 Å². The van der Waals surface area contributed by atoms with E-state index in [4.69, 9.17) is 16.3 Å². The predicted octanol–water partition coefficient (Wildman–Crippen LogP) is 4.21. The normalized spacial score (nSPS) is 10.5. The van der Waals surface area contributed by atoms with Crippen LogP contribution in [0.3, 0.4) is 0 Å². The average Bonchev–Trinajstić information content (AvgIpc) is 2.56. The lowest BCUT2D eigenvalue weighted by Crippen LogP contribution is -2.20. The van der Waals surface area contributed by atoms with Gasteiger partial charge in [-0.1, -0.05) is 35.9 Å². The smallest absolute Gasteiger partial charge is 0.262 e. The van der Waals surface area contributed by atoms with Crippen LogP contribution in [0.2, 0.25) is 5.02 Å². The molecule has 0 aliphatic carbocycles. The number of fused-ring (bicyclic) bond motifs is 1. The van der Waals surface area contributed by atoms with Gasteiger partial charge in [-0.3, -0.25) is 9.78 Å². The molecule has 5 heteroatoms. The highest BCUT2D eigenvalue weighted by molar-refractivity contribution is 6.31. The number of carbonyl (C=O) groups excluding carboxylic acids is 1. The van der Waals surface area contributed by atoms with Crippen LogP contribution in [0.5, 0.6) is 5.75 Å². The van der Waals surface area contributed by atoms with Crippen molar-refractivity contribution in [2.45, 2.75) is 6.92 Å². The molecule has 3 aromatic rings. The molecule has 4 nitrogen and oxygen atoms in total. The fraction of sp³-hybridized carbons (Fsp3) is 0.111. The molecular weight excluding hydrogens is 312 g/mol. The van der Waals surface area contributed by atoms with Crippen LogP contribution < -0.4 is 10.1 Å². The van der Waals surface area contributed by atoms with E-state index in [0.717, 1.165) is 16.5 Å². The second-order valence-electron chi connectivity index (χ2n) is 5.13. The summed E-state index contributed by atoms with van der Waals surface area (Å²) in [4.78, 5) is 16.3. The first-order chi connectivity index (χ1) is 11.1. The van der Waals surface area contributed by atoms with Gasteiger partial charge in [0.05, 0.1) is 0 Å². The summed E-state index contributed by atoms with van der Waals surface area (Å²) in [6.07, 6.45) is 1.70. The van der Waals surface area contributed by atoms with Gasteiger partial charge in [-0.2, -0.15) is 0 Å². The molecule has 0 radical (unpaired) electrons. The fourth-order valence-electron chi connectivity index (χ4n) is 2.20. The van der Waals surface area contributed by atoms with E-state index in [1.807, 2.05) is 37.3 Å². The Kier molecular flexibility index (Phi) is 4.44. The van der Waals surface area contributed by atoms with Crippen LogP contribution in [0, 0.1) is 6.92 Å². The van der Waals surface area contributed by atoms with E-state index in [-0.39, 0.29) is 12.5 Å². The Labute approximate surface area is 139 Å². The van der Waals surface area contributed by atoms with Crippen molar-refractivity contribution in [3.05, 3.63) is 65.3 Å². The summed E-state index contributed by atoms with van der Waals surface area (Å²) in [5, 5.41) is 4.34. The maximum Gasteiger partial charge on any atom is 0.262 e. The number of carbonyl (C=O) groups is 1. The van der Waals surface area contributed by atoms with Crippen molar-refractivity contribution in [3.8, 4) is 5.75 Å². The Hall–Kier alpha value is -2.59. The number of aryl methyl sites for hydroxylation is 1. The van der Waals surface area contributed by atoms with E-state index in [1.165, 1.54) is 0 Å². The standard InChI is InChI=1S/C18H15ClN2O2/c1-12-7-8-14(10-15(12)19)21-17(22)11-23-16-6-2-4-13-5-3-9-20-18(13)16/h2-10H,11H2,1H3,(H,21,22). The Bertz CT molecular complexity index is 859. The topological polar surface area (TPSA) is 51.2 Å². The SMILES string of the molecule is Cc1ccc(NC(=O)COc2cccc3cccnc23)cc1Cl.